The largest absolute Gasteiger partial charge is 0.396 e. The topological polar surface area (TPSA) is 20.2 Å². The Morgan fingerprint density at radius 3 is 1.82 bits per heavy atom. The summed E-state index contributed by atoms with van der Waals surface area (Å²) in [4.78, 5) is 0. The van der Waals surface area contributed by atoms with E-state index in [0.29, 0.717) is 6.61 Å². The lowest BCUT2D eigenvalue weighted by atomic mass is 9.68. The third kappa shape index (κ3) is 6.95. The van der Waals surface area contributed by atoms with E-state index in [9.17, 15) is 0 Å². The number of rotatable bonds is 10. The summed E-state index contributed by atoms with van der Waals surface area (Å²) in [5.74, 6) is 3.84. The number of hydrogen-bond donors (Lipinski definition) is 1. The van der Waals surface area contributed by atoms with Gasteiger partial charge in [0, 0.05) is 6.61 Å². The molecule has 0 radical (unpaired) electrons. The van der Waals surface area contributed by atoms with Gasteiger partial charge in [-0.1, -0.05) is 87.6 Å². The highest BCUT2D eigenvalue weighted by atomic mass is 16.2. The van der Waals surface area contributed by atoms with Gasteiger partial charge in [-0.2, -0.15) is 0 Å². The van der Waals surface area contributed by atoms with Crippen molar-refractivity contribution in [1.82, 2.24) is 0 Å². The summed E-state index contributed by atoms with van der Waals surface area (Å²) in [5.41, 5.74) is 5.62. The highest BCUT2D eigenvalue weighted by molar-refractivity contribution is 5.64. The van der Waals surface area contributed by atoms with Crippen LogP contribution in [0.2, 0.25) is 0 Å². The summed E-state index contributed by atoms with van der Waals surface area (Å²) in [7, 11) is 0. The molecule has 0 amide bonds. The molecule has 0 bridgehead atoms. The first-order chi connectivity index (χ1) is 16.3. The predicted molar refractivity (Wildman–Crippen MR) is 142 cm³/mol. The summed E-state index contributed by atoms with van der Waals surface area (Å²) in [6.45, 7) is 2.66. The van der Waals surface area contributed by atoms with Crippen LogP contribution in [0.5, 0.6) is 0 Å². The van der Waals surface area contributed by atoms with Crippen molar-refractivity contribution in [1.29, 1.82) is 0 Å². The van der Waals surface area contributed by atoms with Crippen LogP contribution in [0.4, 0.5) is 0 Å². The van der Waals surface area contributed by atoms with Gasteiger partial charge >= 0.3 is 0 Å². The lowest BCUT2D eigenvalue weighted by Crippen LogP contribution is -2.25. The van der Waals surface area contributed by atoms with E-state index in [1.165, 1.54) is 80.9 Å². The van der Waals surface area contributed by atoms with Crippen molar-refractivity contribution in [2.45, 2.75) is 103 Å². The Balaban J connectivity index is 1.24. The Kier molecular flexibility index (Phi) is 9.47. The average Bonchev–Trinajstić information content (AvgIpc) is 2.88. The van der Waals surface area contributed by atoms with Gasteiger partial charge in [0.15, 0.2) is 0 Å². The second-order valence-electron chi connectivity index (χ2n) is 11.0. The van der Waals surface area contributed by atoms with Crippen molar-refractivity contribution >= 4 is 0 Å². The molecular weight excluding hydrogens is 400 g/mol. The Labute approximate surface area is 203 Å². The van der Waals surface area contributed by atoms with Crippen LogP contribution in [-0.4, -0.2) is 11.7 Å². The van der Waals surface area contributed by atoms with Crippen molar-refractivity contribution < 1.29 is 5.11 Å². The average molecular weight is 447 g/mol. The number of benzene rings is 2. The van der Waals surface area contributed by atoms with Gasteiger partial charge in [0.1, 0.15) is 0 Å². The SMILES string of the molecule is CCC[C@H]1CC[C@H](C2CCC(c3ccc(-c4ccc(CCCCCO)cc4)cc3)CC2)CC1. The van der Waals surface area contributed by atoms with Crippen molar-refractivity contribution in [2.24, 2.45) is 17.8 Å². The molecule has 4 rings (SSSR count). The third-order valence-corrected chi connectivity index (χ3v) is 8.82. The van der Waals surface area contributed by atoms with Crippen LogP contribution in [0, 0.1) is 17.8 Å². The van der Waals surface area contributed by atoms with Crippen LogP contribution in [0.15, 0.2) is 48.5 Å². The van der Waals surface area contributed by atoms with E-state index in [4.69, 9.17) is 5.11 Å². The summed E-state index contributed by atoms with van der Waals surface area (Å²) in [6, 6.07) is 18.6. The monoisotopic (exact) mass is 446 g/mol. The minimum Gasteiger partial charge on any atom is -0.396 e. The molecule has 1 nitrogen and oxygen atoms in total. The molecule has 2 saturated carbocycles. The van der Waals surface area contributed by atoms with E-state index >= 15 is 0 Å². The molecule has 1 heteroatoms. The highest BCUT2D eigenvalue weighted by Crippen LogP contribution is 2.44. The molecule has 180 valence electrons. The first-order valence-electron chi connectivity index (χ1n) is 14.1. The van der Waals surface area contributed by atoms with Crippen LogP contribution in [0.3, 0.4) is 0 Å². The molecular formula is C32H46O. The van der Waals surface area contributed by atoms with Crippen molar-refractivity contribution in [3.63, 3.8) is 0 Å². The second kappa shape index (κ2) is 12.7. The van der Waals surface area contributed by atoms with Crippen LogP contribution in [-0.2, 0) is 6.42 Å². The van der Waals surface area contributed by atoms with Crippen molar-refractivity contribution in [2.75, 3.05) is 6.61 Å². The minimum absolute atomic E-state index is 0.316. The molecule has 1 N–H and O–H groups in total. The molecule has 2 fully saturated rings. The maximum Gasteiger partial charge on any atom is 0.0431 e. The van der Waals surface area contributed by atoms with Gasteiger partial charge < -0.3 is 5.11 Å². The summed E-state index contributed by atoms with van der Waals surface area (Å²) in [5, 5.41) is 8.92. The number of unbranched alkanes of at least 4 members (excludes halogenated alkanes) is 2. The molecule has 0 spiro atoms. The molecule has 0 heterocycles. The zero-order chi connectivity index (χ0) is 22.9. The standard InChI is InChI=1S/C32H46O/c1-2-6-25-8-12-27(13-9-25)29-16-20-31(21-17-29)32-22-18-30(19-23-32)28-14-10-26(11-15-28)7-4-3-5-24-33/h10-11,14-15,18-19,22-23,25,27,29,31,33H,2-9,12-13,16-17,20-21,24H2,1H3/t25-,27-,29?,31?. The zero-order valence-corrected chi connectivity index (χ0v) is 21.0. The molecule has 0 unspecified atom stereocenters. The molecule has 2 aromatic carbocycles. The number of hydrogen-bond acceptors (Lipinski definition) is 1. The minimum atomic E-state index is 0.316. The molecule has 0 atom stereocenters. The van der Waals surface area contributed by atoms with Gasteiger partial charge in [-0.05, 0) is 104 Å². The third-order valence-electron chi connectivity index (χ3n) is 8.82. The van der Waals surface area contributed by atoms with Crippen molar-refractivity contribution in [3.8, 4) is 11.1 Å². The van der Waals surface area contributed by atoms with E-state index < -0.39 is 0 Å². The van der Waals surface area contributed by atoms with Crippen LogP contribution < -0.4 is 0 Å². The normalized spacial score (nSPS) is 25.8. The predicted octanol–water partition coefficient (Wildman–Crippen LogP) is 8.94. The number of aliphatic hydroxyl groups excluding tert-OH is 1. The zero-order valence-electron chi connectivity index (χ0n) is 21.0. The fourth-order valence-corrected chi connectivity index (χ4v) is 6.71. The Bertz CT molecular complexity index is 789. The van der Waals surface area contributed by atoms with Crippen LogP contribution in [0.25, 0.3) is 11.1 Å². The van der Waals surface area contributed by atoms with Gasteiger partial charge in [-0.25, -0.2) is 0 Å². The number of aryl methyl sites for hydroxylation is 1. The smallest absolute Gasteiger partial charge is 0.0431 e. The fourth-order valence-electron chi connectivity index (χ4n) is 6.71. The second-order valence-corrected chi connectivity index (χ2v) is 11.0. The van der Waals surface area contributed by atoms with E-state index in [0.717, 1.165) is 49.4 Å². The lowest BCUT2D eigenvalue weighted by Gasteiger charge is -2.38. The molecule has 0 aromatic heterocycles. The van der Waals surface area contributed by atoms with Gasteiger partial charge in [-0.15, -0.1) is 0 Å². The van der Waals surface area contributed by atoms with Gasteiger partial charge in [0.25, 0.3) is 0 Å². The van der Waals surface area contributed by atoms with Crippen LogP contribution >= 0.6 is 0 Å². The van der Waals surface area contributed by atoms with Crippen molar-refractivity contribution in [3.05, 3.63) is 59.7 Å². The molecule has 0 saturated heterocycles. The van der Waals surface area contributed by atoms with Gasteiger partial charge in [0.2, 0.25) is 0 Å². The molecule has 2 aromatic rings. The summed E-state index contributed by atoms with van der Waals surface area (Å²) in [6.07, 6.45) is 18.9. The quantitative estimate of drug-likeness (QED) is 0.361. The Hall–Kier alpha value is -1.60. The molecule has 2 aliphatic carbocycles. The Morgan fingerprint density at radius 1 is 0.667 bits per heavy atom. The fraction of sp³-hybridized carbons (Fsp3) is 0.625. The first-order valence-corrected chi connectivity index (χ1v) is 14.1. The molecule has 2 aliphatic rings. The number of aliphatic hydroxyl groups is 1. The summed E-state index contributed by atoms with van der Waals surface area (Å²) >= 11 is 0. The van der Waals surface area contributed by atoms with Gasteiger partial charge in [-0.3, -0.25) is 0 Å². The summed E-state index contributed by atoms with van der Waals surface area (Å²) < 4.78 is 0. The maximum atomic E-state index is 8.92. The van der Waals surface area contributed by atoms with E-state index in [2.05, 4.69) is 55.5 Å². The van der Waals surface area contributed by atoms with Crippen LogP contribution in [0.1, 0.15) is 107 Å². The van der Waals surface area contributed by atoms with E-state index in [-0.39, 0.29) is 0 Å². The van der Waals surface area contributed by atoms with E-state index in [1.807, 2.05) is 0 Å². The molecule has 33 heavy (non-hydrogen) atoms. The van der Waals surface area contributed by atoms with E-state index in [1.54, 1.807) is 5.56 Å². The first kappa shape index (κ1) is 24.5. The highest BCUT2D eigenvalue weighted by Gasteiger charge is 2.31. The lowest BCUT2D eigenvalue weighted by molar-refractivity contribution is 0.156. The maximum absolute atomic E-state index is 8.92. The molecule has 0 aliphatic heterocycles. The van der Waals surface area contributed by atoms with Gasteiger partial charge in [0.05, 0.1) is 0 Å². The Morgan fingerprint density at radius 2 is 1.24 bits per heavy atom.